The molecular formula is C24H26N4O2S2. The Labute approximate surface area is 194 Å². The third-order valence-corrected chi connectivity index (χ3v) is 7.28. The summed E-state index contributed by atoms with van der Waals surface area (Å²) in [6.45, 7) is 4.14. The van der Waals surface area contributed by atoms with Crippen molar-refractivity contribution in [1.29, 1.82) is 0 Å². The Balaban J connectivity index is 1.50. The predicted molar refractivity (Wildman–Crippen MR) is 130 cm³/mol. The van der Waals surface area contributed by atoms with Gasteiger partial charge in [-0.15, -0.1) is 11.3 Å². The van der Waals surface area contributed by atoms with Crippen LogP contribution < -0.4 is 5.32 Å². The number of carbonyl (C=O) groups excluding carboxylic acids is 1. The largest absolute Gasteiger partial charge is 0.347 e. The van der Waals surface area contributed by atoms with Crippen LogP contribution in [-0.4, -0.2) is 30.2 Å². The van der Waals surface area contributed by atoms with Crippen molar-refractivity contribution in [2.75, 3.05) is 5.75 Å². The van der Waals surface area contributed by atoms with Crippen LogP contribution in [0.4, 0.5) is 0 Å². The summed E-state index contributed by atoms with van der Waals surface area (Å²) >= 11 is 1.62. The number of nitrogens with zero attached hydrogens (tertiary/aromatic N) is 3. The summed E-state index contributed by atoms with van der Waals surface area (Å²) < 4.78 is 16.7. The molecule has 0 aliphatic rings. The van der Waals surface area contributed by atoms with Crippen molar-refractivity contribution in [2.45, 2.75) is 25.6 Å². The average molecular weight is 467 g/mol. The molecule has 4 rings (SSSR count). The second kappa shape index (κ2) is 10.1. The maximum atomic E-state index is 12.9. The van der Waals surface area contributed by atoms with Crippen LogP contribution in [0, 0.1) is 5.92 Å². The second-order valence-corrected chi connectivity index (χ2v) is 10.3. The fraction of sp³-hybridized carbons (Fsp3) is 0.250. The van der Waals surface area contributed by atoms with Crippen molar-refractivity contribution in [2.24, 2.45) is 5.92 Å². The summed E-state index contributed by atoms with van der Waals surface area (Å²) in [5.41, 5.74) is 1.75. The van der Waals surface area contributed by atoms with Crippen LogP contribution in [0.25, 0.3) is 11.5 Å². The molecule has 0 saturated carbocycles. The molecule has 3 heterocycles. The van der Waals surface area contributed by atoms with E-state index in [0.717, 1.165) is 21.9 Å². The van der Waals surface area contributed by atoms with E-state index in [1.165, 1.54) is 0 Å². The number of carbonyl (C=O) groups is 1. The lowest BCUT2D eigenvalue weighted by molar-refractivity contribution is -0.119. The monoisotopic (exact) mass is 466 g/mol. The first-order valence-electron chi connectivity index (χ1n) is 10.5. The van der Waals surface area contributed by atoms with Crippen LogP contribution in [0.3, 0.4) is 0 Å². The second-order valence-electron chi connectivity index (χ2n) is 7.86. The summed E-state index contributed by atoms with van der Waals surface area (Å²) in [5.74, 6) is 1.08. The minimum Gasteiger partial charge on any atom is -0.347 e. The molecule has 4 aromatic rings. The van der Waals surface area contributed by atoms with Crippen LogP contribution in [0.1, 0.15) is 30.3 Å². The van der Waals surface area contributed by atoms with E-state index in [9.17, 15) is 9.00 Å². The molecule has 2 atom stereocenters. The molecule has 0 bridgehead atoms. The molecule has 32 heavy (non-hydrogen) atoms. The number of thiophene rings is 1. The van der Waals surface area contributed by atoms with Gasteiger partial charge in [-0.1, -0.05) is 38.1 Å². The zero-order chi connectivity index (χ0) is 22.5. The topological polar surface area (TPSA) is 68.9 Å². The Kier molecular flexibility index (Phi) is 7.02. The molecule has 0 saturated heterocycles. The maximum absolute atomic E-state index is 12.9. The van der Waals surface area contributed by atoms with E-state index in [-0.39, 0.29) is 29.4 Å². The van der Waals surface area contributed by atoms with Gasteiger partial charge in [-0.25, -0.2) is 4.68 Å². The Morgan fingerprint density at radius 1 is 1.09 bits per heavy atom. The molecule has 0 spiro atoms. The number of amides is 1. The predicted octanol–water partition coefficient (Wildman–Crippen LogP) is 4.49. The first kappa shape index (κ1) is 22.2. The van der Waals surface area contributed by atoms with Gasteiger partial charge in [-0.2, -0.15) is 5.10 Å². The Hall–Kier alpha value is -2.97. The van der Waals surface area contributed by atoms with Gasteiger partial charge >= 0.3 is 0 Å². The highest BCUT2D eigenvalue weighted by Crippen LogP contribution is 2.26. The number of nitrogens with one attached hydrogen (secondary N) is 1. The highest BCUT2D eigenvalue weighted by atomic mass is 32.2. The summed E-state index contributed by atoms with van der Waals surface area (Å²) in [4.78, 5) is 13.8. The van der Waals surface area contributed by atoms with E-state index in [0.29, 0.717) is 0 Å². The number of rotatable bonds is 9. The number of benzene rings is 1. The van der Waals surface area contributed by atoms with Gasteiger partial charge in [-0.05, 0) is 41.6 Å². The first-order chi connectivity index (χ1) is 15.5. The number of aromatic nitrogens is 3. The average Bonchev–Trinajstić information content (AvgIpc) is 3.53. The van der Waals surface area contributed by atoms with Crippen LogP contribution in [-0.2, 0) is 21.3 Å². The quantitative estimate of drug-likeness (QED) is 0.395. The molecule has 1 N–H and O–H groups in total. The summed E-state index contributed by atoms with van der Waals surface area (Å²) in [5, 5.41) is 9.61. The Bertz CT molecular complexity index is 1170. The van der Waals surface area contributed by atoms with Crippen LogP contribution in [0.5, 0.6) is 0 Å². The van der Waals surface area contributed by atoms with Crippen LogP contribution >= 0.6 is 11.3 Å². The van der Waals surface area contributed by atoms with E-state index in [2.05, 4.69) is 24.3 Å². The zero-order valence-electron chi connectivity index (χ0n) is 18.0. The molecule has 166 valence electrons. The van der Waals surface area contributed by atoms with Gasteiger partial charge in [0.15, 0.2) is 0 Å². The third-order valence-electron chi connectivity index (χ3n) is 5.11. The van der Waals surface area contributed by atoms with Crippen molar-refractivity contribution in [3.63, 3.8) is 0 Å². The molecule has 6 nitrogen and oxygen atoms in total. The minimum absolute atomic E-state index is 0.0454. The van der Waals surface area contributed by atoms with Crippen LogP contribution in [0.15, 0.2) is 78.6 Å². The lowest BCUT2D eigenvalue weighted by Crippen LogP contribution is -2.34. The fourth-order valence-electron chi connectivity index (χ4n) is 3.61. The van der Waals surface area contributed by atoms with Crippen LogP contribution in [0.2, 0.25) is 0 Å². The van der Waals surface area contributed by atoms with E-state index < -0.39 is 10.8 Å². The van der Waals surface area contributed by atoms with E-state index in [1.807, 2.05) is 81.6 Å². The minimum atomic E-state index is -1.37. The molecule has 1 amide bonds. The van der Waals surface area contributed by atoms with Crippen molar-refractivity contribution in [3.05, 3.63) is 89.0 Å². The fourth-order valence-corrected chi connectivity index (χ4v) is 5.58. The van der Waals surface area contributed by atoms with Gasteiger partial charge < -0.3 is 9.88 Å². The highest BCUT2D eigenvalue weighted by Gasteiger charge is 2.22. The summed E-state index contributed by atoms with van der Waals surface area (Å²) in [6.07, 6.45) is 5.61. The van der Waals surface area contributed by atoms with Gasteiger partial charge in [0.25, 0.3) is 0 Å². The van der Waals surface area contributed by atoms with Gasteiger partial charge in [0.05, 0.1) is 23.7 Å². The molecule has 0 aliphatic carbocycles. The Morgan fingerprint density at radius 2 is 1.84 bits per heavy atom. The van der Waals surface area contributed by atoms with Gasteiger partial charge in [0, 0.05) is 33.6 Å². The standard InChI is InChI=1S/C24H26N4O2S2/c1-18(2)23(21-11-8-14-31-21)26-22(29)17-32(30)16-19-15-25-28(20-9-4-3-5-10-20)24(19)27-12-6-7-13-27/h3-15,18,23H,16-17H2,1-2H3,(H,26,29). The molecule has 3 aromatic heterocycles. The van der Waals surface area contributed by atoms with Crippen molar-refractivity contribution in [1.82, 2.24) is 19.7 Å². The third kappa shape index (κ3) is 5.08. The highest BCUT2D eigenvalue weighted by molar-refractivity contribution is 7.84. The van der Waals surface area contributed by atoms with Gasteiger partial charge in [0.1, 0.15) is 11.6 Å². The normalized spacial score (nSPS) is 13.2. The molecule has 0 fully saturated rings. The molecule has 0 aliphatic heterocycles. The number of hydrogen-bond donors (Lipinski definition) is 1. The Morgan fingerprint density at radius 3 is 2.50 bits per heavy atom. The summed E-state index contributed by atoms with van der Waals surface area (Å²) in [7, 11) is -1.37. The van der Waals surface area contributed by atoms with Gasteiger partial charge in [0.2, 0.25) is 5.91 Å². The molecule has 2 unspecified atom stereocenters. The molecule has 8 heteroatoms. The maximum Gasteiger partial charge on any atom is 0.233 e. The van der Waals surface area contributed by atoms with Crippen molar-refractivity contribution >= 4 is 28.0 Å². The number of hydrogen-bond acceptors (Lipinski definition) is 4. The van der Waals surface area contributed by atoms with Crippen molar-refractivity contribution in [3.8, 4) is 11.5 Å². The SMILES string of the molecule is CC(C)C(NC(=O)CS(=O)Cc1cnn(-c2ccccc2)c1-n1cccc1)c1cccs1. The number of para-hydroxylation sites is 1. The molecular weight excluding hydrogens is 440 g/mol. The zero-order valence-corrected chi connectivity index (χ0v) is 19.7. The molecule has 1 aromatic carbocycles. The van der Waals surface area contributed by atoms with E-state index in [4.69, 9.17) is 0 Å². The van der Waals surface area contributed by atoms with E-state index >= 15 is 0 Å². The lowest BCUT2D eigenvalue weighted by Gasteiger charge is -2.21. The smallest absolute Gasteiger partial charge is 0.233 e. The lowest BCUT2D eigenvalue weighted by atomic mass is 10.0. The van der Waals surface area contributed by atoms with Gasteiger partial charge in [-0.3, -0.25) is 9.00 Å². The first-order valence-corrected chi connectivity index (χ1v) is 12.8. The molecule has 0 radical (unpaired) electrons. The van der Waals surface area contributed by atoms with Crippen molar-refractivity contribution < 1.29 is 9.00 Å². The van der Waals surface area contributed by atoms with E-state index in [1.54, 1.807) is 17.5 Å². The summed E-state index contributed by atoms with van der Waals surface area (Å²) in [6, 6.07) is 17.6.